The van der Waals surface area contributed by atoms with Gasteiger partial charge in [-0.05, 0) is 40.2 Å². The molecule has 3 nitrogen and oxygen atoms in total. The van der Waals surface area contributed by atoms with Crippen LogP contribution in [0.5, 0.6) is 5.75 Å². The molecule has 0 amide bonds. The van der Waals surface area contributed by atoms with Crippen molar-refractivity contribution < 1.29 is 4.74 Å². The average molecular weight is 365 g/mol. The molecule has 2 aromatic heterocycles. The standard InChI is InChI=1S/C16H17BrN2OS/c1-20-16-4-2-3-15-14(16)5-7-19(15)8-6-18-10-13-9-12(17)11-21-13/h2-5,7,9,11,18H,6,8,10H2,1H3. The number of hydrogen-bond acceptors (Lipinski definition) is 3. The van der Waals surface area contributed by atoms with Crippen molar-refractivity contribution in [3.63, 3.8) is 0 Å². The minimum Gasteiger partial charge on any atom is -0.496 e. The van der Waals surface area contributed by atoms with Gasteiger partial charge in [0.15, 0.2) is 0 Å². The van der Waals surface area contributed by atoms with Crippen molar-refractivity contribution in [2.24, 2.45) is 0 Å². The molecule has 110 valence electrons. The zero-order chi connectivity index (χ0) is 14.7. The predicted octanol–water partition coefficient (Wildman–Crippen LogP) is 4.26. The molecule has 2 heterocycles. The summed E-state index contributed by atoms with van der Waals surface area (Å²) in [6, 6.07) is 10.4. The third-order valence-electron chi connectivity index (χ3n) is 3.44. The normalized spacial score (nSPS) is 11.1. The summed E-state index contributed by atoms with van der Waals surface area (Å²) in [7, 11) is 1.72. The van der Waals surface area contributed by atoms with E-state index in [1.165, 1.54) is 15.8 Å². The minimum atomic E-state index is 0.915. The smallest absolute Gasteiger partial charge is 0.128 e. The minimum absolute atomic E-state index is 0.915. The predicted molar refractivity (Wildman–Crippen MR) is 92.2 cm³/mol. The number of ether oxygens (including phenoxy) is 1. The van der Waals surface area contributed by atoms with Crippen molar-refractivity contribution in [1.82, 2.24) is 9.88 Å². The van der Waals surface area contributed by atoms with Crippen molar-refractivity contribution in [3.05, 3.63) is 51.3 Å². The maximum absolute atomic E-state index is 5.39. The van der Waals surface area contributed by atoms with Crippen LogP contribution >= 0.6 is 27.3 Å². The summed E-state index contributed by atoms with van der Waals surface area (Å²) in [5, 5.41) is 6.77. The Balaban J connectivity index is 1.60. The molecule has 0 bridgehead atoms. The van der Waals surface area contributed by atoms with Gasteiger partial charge >= 0.3 is 0 Å². The summed E-state index contributed by atoms with van der Waals surface area (Å²) in [5.74, 6) is 0.933. The lowest BCUT2D eigenvalue weighted by atomic mass is 10.2. The number of rotatable bonds is 6. The first kappa shape index (κ1) is 14.6. The van der Waals surface area contributed by atoms with E-state index in [4.69, 9.17) is 4.74 Å². The van der Waals surface area contributed by atoms with Crippen LogP contribution in [0.15, 0.2) is 46.4 Å². The molecular formula is C16H17BrN2OS. The summed E-state index contributed by atoms with van der Waals surface area (Å²) >= 11 is 5.25. The van der Waals surface area contributed by atoms with Crippen molar-refractivity contribution in [1.29, 1.82) is 0 Å². The van der Waals surface area contributed by atoms with Gasteiger partial charge in [-0.15, -0.1) is 11.3 Å². The quantitative estimate of drug-likeness (QED) is 0.661. The lowest BCUT2D eigenvalue weighted by molar-refractivity contribution is 0.420. The van der Waals surface area contributed by atoms with Gasteiger partial charge < -0.3 is 14.6 Å². The lowest BCUT2D eigenvalue weighted by Crippen LogP contribution is -2.18. The first-order valence-corrected chi connectivity index (χ1v) is 8.50. The van der Waals surface area contributed by atoms with Gasteiger partial charge in [0.05, 0.1) is 12.6 Å². The Labute approximate surface area is 136 Å². The number of fused-ring (bicyclic) bond motifs is 1. The van der Waals surface area contributed by atoms with Gasteiger partial charge in [0.1, 0.15) is 5.75 Å². The summed E-state index contributed by atoms with van der Waals surface area (Å²) in [4.78, 5) is 1.35. The van der Waals surface area contributed by atoms with Gasteiger partial charge in [0.25, 0.3) is 0 Å². The highest BCUT2D eigenvalue weighted by Gasteiger charge is 2.05. The lowest BCUT2D eigenvalue weighted by Gasteiger charge is -2.07. The number of nitrogens with zero attached hydrogens (tertiary/aromatic N) is 1. The molecule has 0 fully saturated rings. The highest BCUT2D eigenvalue weighted by atomic mass is 79.9. The molecule has 0 spiro atoms. The van der Waals surface area contributed by atoms with Gasteiger partial charge in [-0.25, -0.2) is 0 Å². The topological polar surface area (TPSA) is 26.2 Å². The van der Waals surface area contributed by atoms with Gasteiger partial charge in [0.2, 0.25) is 0 Å². The highest BCUT2D eigenvalue weighted by Crippen LogP contribution is 2.26. The van der Waals surface area contributed by atoms with E-state index in [-0.39, 0.29) is 0 Å². The Bertz CT molecular complexity index is 735. The number of methoxy groups -OCH3 is 1. The van der Waals surface area contributed by atoms with Crippen LogP contribution < -0.4 is 10.1 Å². The fourth-order valence-electron chi connectivity index (χ4n) is 2.43. The number of thiophene rings is 1. The van der Waals surface area contributed by atoms with Crippen LogP contribution in [-0.2, 0) is 13.1 Å². The maximum atomic E-state index is 5.39. The average Bonchev–Trinajstić information content (AvgIpc) is 3.10. The van der Waals surface area contributed by atoms with E-state index in [1.807, 2.05) is 12.1 Å². The second-order valence-corrected chi connectivity index (χ2v) is 6.72. The SMILES string of the molecule is COc1cccc2c1ccn2CCNCc1cc(Br)cs1. The Hall–Kier alpha value is -1.30. The summed E-state index contributed by atoms with van der Waals surface area (Å²) in [6.07, 6.45) is 2.12. The molecule has 1 aromatic carbocycles. The molecule has 3 rings (SSSR count). The van der Waals surface area contributed by atoms with Crippen molar-refractivity contribution in [2.45, 2.75) is 13.1 Å². The molecule has 0 unspecified atom stereocenters. The molecule has 0 saturated carbocycles. The first-order chi connectivity index (χ1) is 10.3. The van der Waals surface area contributed by atoms with Crippen LogP contribution in [0.25, 0.3) is 10.9 Å². The van der Waals surface area contributed by atoms with Crippen LogP contribution in [0.3, 0.4) is 0 Å². The summed E-state index contributed by atoms with van der Waals surface area (Å²) in [5.41, 5.74) is 1.22. The Morgan fingerprint density at radius 2 is 2.24 bits per heavy atom. The van der Waals surface area contributed by atoms with E-state index >= 15 is 0 Å². The first-order valence-electron chi connectivity index (χ1n) is 6.83. The molecule has 1 N–H and O–H groups in total. The van der Waals surface area contributed by atoms with E-state index < -0.39 is 0 Å². The van der Waals surface area contributed by atoms with Crippen LogP contribution in [0.2, 0.25) is 0 Å². The largest absolute Gasteiger partial charge is 0.496 e. The molecular weight excluding hydrogens is 348 g/mol. The fraction of sp³-hybridized carbons (Fsp3) is 0.250. The number of aromatic nitrogens is 1. The molecule has 0 atom stereocenters. The molecule has 3 aromatic rings. The molecule has 21 heavy (non-hydrogen) atoms. The number of hydrogen-bond donors (Lipinski definition) is 1. The fourth-order valence-corrected chi connectivity index (χ4v) is 3.85. The van der Waals surface area contributed by atoms with Crippen LogP contribution in [0.1, 0.15) is 4.88 Å². The molecule has 0 saturated heterocycles. The molecule has 0 aliphatic rings. The Morgan fingerprint density at radius 1 is 1.33 bits per heavy atom. The van der Waals surface area contributed by atoms with Gasteiger partial charge in [0, 0.05) is 45.9 Å². The molecule has 0 radical (unpaired) electrons. The van der Waals surface area contributed by atoms with Crippen molar-refractivity contribution in [3.8, 4) is 5.75 Å². The Kier molecular flexibility index (Phi) is 4.63. The Morgan fingerprint density at radius 3 is 3.00 bits per heavy atom. The summed E-state index contributed by atoms with van der Waals surface area (Å²) < 4.78 is 8.81. The van der Waals surface area contributed by atoms with Gasteiger partial charge in [-0.2, -0.15) is 0 Å². The van der Waals surface area contributed by atoms with Crippen LogP contribution in [-0.4, -0.2) is 18.2 Å². The monoisotopic (exact) mass is 364 g/mol. The third kappa shape index (κ3) is 3.31. The van der Waals surface area contributed by atoms with E-state index in [0.717, 1.165) is 29.9 Å². The highest BCUT2D eigenvalue weighted by molar-refractivity contribution is 9.10. The maximum Gasteiger partial charge on any atom is 0.128 e. The summed E-state index contributed by atoms with van der Waals surface area (Å²) in [6.45, 7) is 2.80. The third-order valence-corrected chi connectivity index (χ3v) is 5.14. The zero-order valence-corrected chi connectivity index (χ0v) is 14.2. The van der Waals surface area contributed by atoms with Gasteiger partial charge in [-0.1, -0.05) is 6.07 Å². The zero-order valence-electron chi connectivity index (χ0n) is 11.8. The van der Waals surface area contributed by atoms with Gasteiger partial charge in [-0.3, -0.25) is 0 Å². The molecule has 0 aliphatic carbocycles. The number of halogens is 1. The van der Waals surface area contributed by atoms with E-state index in [2.05, 4.69) is 55.6 Å². The number of nitrogens with one attached hydrogen (secondary N) is 1. The van der Waals surface area contributed by atoms with E-state index in [9.17, 15) is 0 Å². The van der Waals surface area contributed by atoms with Crippen LogP contribution in [0.4, 0.5) is 0 Å². The van der Waals surface area contributed by atoms with E-state index in [1.54, 1.807) is 18.4 Å². The number of benzene rings is 1. The molecule has 5 heteroatoms. The second kappa shape index (κ2) is 6.64. The second-order valence-electron chi connectivity index (χ2n) is 4.81. The van der Waals surface area contributed by atoms with E-state index in [0.29, 0.717) is 0 Å². The molecule has 0 aliphatic heterocycles. The van der Waals surface area contributed by atoms with Crippen molar-refractivity contribution in [2.75, 3.05) is 13.7 Å². The van der Waals surface area contributed by atoms with Crippen LogP contribution in [0, 0.1) is 0 Å². The van der Waals surface area contributed by atoms with Crippen molar-refractivity contribution >= 4 is 38.2 Å².